The van der Waals surface area contributed by atoms with Crippen LogP contribution in [0.15, 0.2) is 35.2 Å². The normalized spacial score (nSPS) is 23.3. The number of benzene rings is 1. The van der Waals surface area contributed by atoms with Crippen LogP contribution < -0.4 is 0 Å². The van der Waals surface area contributed by atoms with Gasteiger partial charge in [-0.2, -0.15) is 0 Å². The number of rotatable bonds is 4. The minimum atomic E-state index is -0.361. The van der Waals surface area contributed by atoms with Gasteiger partial charge in [-0.15, -0.1) is 11.3 Å². The second-order valence-electron chi connectivity index (χ2n) is 5.56. The third kappa shape index (κ3) is 3.67. The number of piperidine rings is 1. The molecule has 1 aliphatic heterocycles. The van der Waals surface area contributed by atoms with Crippen LogP contribution in [0.1, 0.15) is 24.1 Å². The van der Waals surface area contributed by atoms with Crippen LogP contribution in [0.3, 0.4) is 0 Å². The molecule has 0 aliphatic carbocycles. The minimum absolute atomic E-state index is 0.0299. The molecule has 2 atom stereocenters. The summed E-state index contributed by atoms with van der Waals surface area (Å²) in [5, 5.41) is 12.4. The van der Waals surface area contributed by atoms with Crippen molar-refractivity contribution in [1.82, 2.24) is 9.88 Å². The van der Waals surface area contributed by atoms with Crippen LogP contribution in [0.2, 0.25) is 0 Å². The molecule has 2 aromatic rings. The molecular weight excluding hydrogens is 287 g/mol. The number of hydrogen-bond donors (Lipinski definition) is 1. The maximum Gasteiger partial charge on any atom is 0.123 e. The highest BCUT2D eigenvalue weighted by atomic mass is 32.1. The molecule has 1 aromatic carbocycles. The lowest BCUT2D eigenvalue weighted by atomic mass is 9.93. The summed E-state index contributed by atoms with van der Waals surface area (Å²) in [6, 6.07) is 6.69. The summed E-state index contributed by atoms with van der Waals surface area (Å²) in [5.74, 6) is -0.219. The number of aliphatic hydroxyl groups is 1. The van der Waals surface area contributed by atoms with E-state index in [1.807, 2.05) is 17.0 Å². The van der Waals surface area contributed by atoms with Crippen LogP contribution in [0.25, 0.3) is 0 Å². The smallest absolute Gasteiger partial charge is 0.123 e. The van der Waals surface area contributed by atoms with Crippen molar-refractivity contribution >= 4 is 11.3 Å². The van der Waals surface area contributed by atoms with E-state index in [0.717, 1.165) is 37.2 Å². The number of aliphatic hydroxyl groups excluding tert-OH is 1. The lowest BCUT2D eigenvalue weighted by molar-refractivity contribution is 0.00620. The Balaban J connectivity index is 1.74. The summed E-state index contributed by atoms with van der Waals surface area (Å²) in [4.78, 5) is 6.60. The average Bonchev–Trinajstić information content (AvgIpc) is 2.96. The first-order valence-corrected chi connectivity index (χ1v) is 8.20. The monoisotopic (exact) mass is 306 g/mol. The maximum atomic E-state index is 13.3. The SMILES string of the molecule is O[C@H]1CCCN(Cc2cscn2)[C@H]1Cc1cccc(F)c1. The van der Waals surface area contributed by atoms with E-state index in [4.69, 9.17) is 0 Å². The van der Waals surface area contributed by atoms with Crippen molar-refractivity contribution in [1.29, 1.82) is 0 Å². The molecule has 21 heavy (non-hydrogen) atoms. The van der Waals surface area contributed by atoms with Gasteiger partial charge in [0, 0.05) is 18.0 Å². The number of nitrogens with zero attached hydrogens (tertiary/aromatic N) is 2. The number of likely N-dealkylation sites (tertiary alicyclic amines) is 1. The highest BCUT2D eigenvalue weighted by Crippen LogP contribution is 2.23. The van der Waals surface area contributed by atoms with Gasteiger partial charge >= 0.3 is 0 Å². The van der Waals surface area contributed by atoms with Crippen molar-refractivity contribution < 1.29 is 9.50 Å². The first-order valence-electron chi connectivity index (χ1n) is 7.26. The average molecular weight is 306 g/mol. The fraction of sp³-hybridized carbons (Fsp3) is 0.438. The van der Waals surface area contributed by atoms with Crippen LogP contribution in [0.5, 0.6) is 0 Å². The Morgan fingerprint density at radius 3 is 3.10 bits per heavy atom. The highest BCUT2D eigenvalue weighted by molar-refractivity contribution is 7.07. The first kappa shape index (κ1) is 14.6. The summed E-state index contributed by atoms with van der Waals surface area (Å²) in [6.45, 7) is 1.70. The van der Waals surface area contributed by atoms with Crippen molar-refractivity contribution in [3.8, 4) is 0 Å². The first-order chi connectivity index (χ1) is 10.2. The molecule has 1 saturated heterocycles. The number of halogens is 1. The summed E-state index contributed by atoms with van der Waals surface area (Å²) >= 11 is 1.59. The van der Waals surface area contributed by atoms with Gasteiger partial charge in [-0.1, -0.05) is 12.1 Å². The molecule has 3 rings (SSSR count). The highest BCUT2D eigenvalue weighted by Gasteiger charge is 2.30. The third-order valence-electron chi connectivity index (χ3n) is 4.04. The fourth-order valence-corrected chi connectivity index (χ4v) is 3.55. The lowest BCUT2D eigenvalue weighted by Gasteiger charge is -2.39. The Bertz CT molecular complexity index is 575. The second kappa shape index (κ2) is 6.64. The van der Waals surface area contributed by atoms with Crippen LogP contribution in [-0.2, 0) is 13.0 Å². The molecule has 5 heteroatoms. The van der Waals surface area contributed by atoms with E-state index in [9.17, 15) is 9.50 Å². The summed E-state index contributed by atoms with van der Waals surface area (Å²) in [5.41, 5.74) is 3.81. The van der Waals surface area contributed by atoms with Gasteiger partial charge in [-0.25, -0.2) is 9.37 Å². The van der Waals surface area contributed by atoms with E-state index in [0.29, 0.717) is 6.42 Å². The molecule has 3 nitrogen and oxygen atoms in total. The molecular formula is C16H19FN2OS. The van der Waals surface area contributed by atoms with E-state index >= 15 is 0 Å². The topological polar surface area (TPSA) is 36.4 Å². The molecule has 112 valence electrons. The molecule has 0 bridgehead atoms. The van der Waals surface area contributed by atoms with Crippen LogP contribution in [0, 0.1) is 5.82 Å². The van der Waals surface area contributed by atoms with Crippen molar-refractivity contribution in [2.24, 2.45) is 0 Å². The number of thiazole rings is 1. The van der Waals surface area contributed by atoms with Gasteiger partial charge in [0.2, 0.25) is 0 Å². The van der Waals surface area contributed by atoms with Crippen molar-refractivity contribution in [3.05, 3.63) is 52.2 Å². The number of hydrogen-bond acceptors (Lipinski definition) is 4. The molecule has 1 fully saturated rings. The standard InChI is InChI=1S/C16H19FN2OS/c17-13-4-1-3-12(7-13)8-15-16(20)5-2-6-19(15)9-14-10-21-11-18-14/h1,3-4,7,10-11,15-16,20H,2,5-6,8-9H2/t15-,16-/m0/s1. The van der Waals surface area contributed by atoms with Crippen molar-refractivity contribution in [2.45, 2.75) is 38.0 Å². The van der Waals surface area contributed by atoms with E-state index in [-0.39, 0.29) is 18.0 Å². The Morgan fingerprint density at radius 2 is 2.33 bits per heavy atom. The largest absolute Gasteiger partial charge is 0.391 e. The molecule has 1 aliphatic rings. The Kier molecular flexibility index (Phi) is 4.63. The van der Waals surface area contributed by atoms with Crippen molar-refractivity contribution in [2.75, 3.05) is 6.54 Å². The molecule has 1 N–H and O–H groups in total. The molecule has 1 aromatic heterocycles. The number of aromatic nitrogens is 1. The van der Waals surface area contributed by atoms with Gasteiger partial charge in [0.1, 0.15) is 5.82 Å². The van der Waals surface area contributed by atoms with E-state index in [1.54, 1.807) is 23.5 Å². The molecule has 0 unspecified atom stereocenters. The molecule has 0 saturated carbocycles. The lowest BCUT2D eigenvalue weighted by Crippen LogP contribution is -2.48. The third-order valence-corrected chi connectivity index (χ3v) is 4.68. The van der Waals surface area contributed by atoms with Gasteiger partial charge < -0.3 is 5.11 Å². The zero-order chi connectivity index (χ0) is 14.7. The molecule has 2 heterocycles. The maximum absolute atomic E-state index is 13.3. The van der Waals surface area contributed by atoms with Crippen LogP contribution >= 0.6 is 11.3 Å². The minimum Gasteiger partial charge on any atom is -0.391 e. The summed E-state index contributed by atoms with van der Waals surface area (Å²) in [6.07, 6.45) is 2.11. The van der Waals surface area contributed by atoms with Gasteiger partial charge in [-0.05, 0) is 43.5 Å². The summed E-state index contributed by atoms with van der Waals surface area (Å²) in [7, 11) is 0. The predicted octanol–water partition coefficient (Wildman–Crippen LogP) is 2.85. The predicted molar refractivity (Wildman–Crippen MR) is 81.7 cm³/mol. The molecule has 0 spiro atoms. The van der Waals surface area contributed by atoms with Gasteiger partial charge in [0.25, 0.3) is 0 Å². The zero-order valence-corrected chi connectivity index (χ0v) is 12.6. The van der Waals surface area contributed by atoms with Crippen molar-refractivity contribution in [3.63, 3.8) is 0 Å². The Labute approximate surface area is 128 Å². The summed E-state index contributed by atoms with van der Waals surface area (Å²) < 4.78 is 13.3. The molecule has 0 radical (unpaired) electrons. The quantitative estimate of drug-likeness (QED) is 0.943. The van der Waals surface area contributed by atoms with E-state index < -0.39 is 0 Å². The van der Waals surface area contributed by atoms with E-state index in [2.05, 4.69) is 9.88 Å². The van der Waals surface area contributed by atoms with Crippen LogP contribution in [0.4, 0.5) is 4.39 Å². The second-order valence-corrected chi connectivity index (χ2v) is 6.28. The van der Waals surface area contributed by atoms with Crippen LogP contribution in [-0.4, -0.2) is 33.7 Å². The van der Waals surface area contributed by atoms with Gasteiger partial charge in [-0.3, -0.25) is 4.90 Å². The zero-order valence-electron chi connectivity index (χ0n) is 11.8. The Morgan fingerprint density at radius 1 is 1.43 bits per heavy atom. The molecule has 0 amide bonds. The Hall–Kier alpha value is -1.30. The van der Waals surface area contributed by atoms with Gasteiger partial charge in [0.05, 0.1) is 17.3 Å². The van der Waals surface area contributed by atoms with Gasteiger partial charge in [0.15, 0.2) is 0 Å². The fourth-order valence-electron chi connectivity index (χ4n) is 3.00. The van der Waals surface area contributed by atoms with E-state index in [1.165, 1.54) is 6.07 Å².